The number of pyridine rings is 1. The van der Waals surface area contributed by atoms with Crippen molar-refractivity contribution in [2.45, 2.75) is 13.0 Å². The first-order valence-electron chi connectivity index (χ1n) is 7.06. The van der Waals surface area contributed by atoms with Crippen molar-refractivity contribution in [2.75, 3.05) is 12.1 Å². The van der Waals surface area contributed by atoms with E-state index in [1.807, 2.05) is 0 Å². The average Bonchev–Trinajstić information content (AvgIpc) is 3.01. The summed E-state index contributed by atoms with van der Waals surface area (Å²) in [6, 6.07) is 8.66. The van der Waals surface area contributed by atoms with Crippen molar-refractivity contribution >= 4 is 17.5 Å². The molecule has 0 aliphatic carbocycles. The SMILES string of the molecule is O=C(CC(=O)Nc1ccc2c(c1)OCO2)NCc1ccncc1. The minimum absolute atomic E-state index is 0.171. The molecule has 3 rings (SSSR count). The van der Waals surface area contributed by atoms with Gasteiger partial charge in [-0.25, -0.2) is 0 Å². The molecule has 2 heterocycles. The van der Waals surface area contributed by atoms with Crippen LogP contribution < -0.4 is 20.1 Å². The van der Waals surface area contributed by atoms with Gasteiger partial charge in [0, 0.05) is 30.7 Å². The van der Waals surface area contributed by atoms with E-state index >= 15 is 0 Å². The highest BCUT2D eigenvalue weighted by Gasteiger charge is 2.15. The molecule has 2 aromatic rings. The second kappa shape index (κ2) is 6.78. The van der Waals surface area contributed by atoms with Crippen molar-refractivity contribution < 1.29 is 19.1 Å². The first-order chi connectivity index (χ1) is 11.2. The zero-order valence-electron chi connectivity index (χ0n) is 12.2. The van der Waals surface area contributed by atoms with Crippen LogP contribution in [0.25, 0.3) is 0 Å². The van der Waals surface area contributed by atoms with Gasteiger partial charge in [-0.05, 0) is 29.8 Å². The van der Waals surface area contributed by atoms with Gasteiger partial charge in [-0.15, -0.1) is 0 Å². The van der Waals surface area contributed by atoms with Crippen LogP contribution in [0.1, 0.15) is 12.0 Å². The number of amides is 2. The van der Waals surface area contributed by atoms with Crippen LogP contribution in [-0.2, 0) is 16.1 Å². The molecule has 0 bridgehead atoms. The summed E-state index contributed by atoms with van der Waals surface area (Å²) < 4.78 is 10.4. The van der Waals surface area contributed by atoms with Crippen LogP contribution in [0.4, 0.5) is 5.69 Å². The van der Waals surface area contributed by atoms with Crippen molar-refractivity contribution in [2.24, 2.45) is 0 Å². The van der Waals surface area contributed by atoms with E-state index in [1.54, 1.807) is 42.7 Å². The Morgan fingerprint density at radius 1 is 1.04 bits per heavy atom. The summed E-state index contributed by atoms with van der Waals surface area (Å²) in [5.41, 5.74) is 1.48. The first-order valence-corrected chi connectivity index (χ1v) is 7.06. The lowest BCUT2D eigenvalue weighted by atomic mass is 10.2. The fourth-order valence-electron chi connectivity index (χ4n) is 2.09. The van der Waals surface area contributed by atoms with Gasteiger partial charge in [0.05, 0.1) is 0 Å². The van der Waals surface area contributed by atoms with Crippen LogP contribution in [0, 0.1) is 0 Å². The molecular formula is C16H15N3O4. The largest absolute Gasteiger partial charge is 0.454 e. The van der Waals surface area contributed by atoms with Gasteiger partial charge >= 0.3 is 0 Å². The van der Waals surface area contributed by atoms with E-state index < -0.39 is 5.91 Å². The zero-order valence-corrected chi connectivity index (χ0v) is 12.2. The smallest absolute Gasteiger partial charge is 0.233 e. The van der Waals surface area contributed by atoms with Crippen molar-refractivity contribution in [3.05, 3.63) is 48.3 Å². The Balaban J connectivity index is 1.48. The third-order valence-corrected chi connectivity index (χ3v) is 3.22. The third-order valence-electron chi connectivity index (χ3n) is 3.22. The van der Waals surface area contributed by atoms with Gasteiger partial charge in [0.2, 0.25) is 18.6 Å². The lowest BCUT2D eigenvalue weighted by Crippen LogP contribution is -2.27. The van der Waals surface area contributed by atoms with E-state index in [4.69, 9.17) is 9.47 Å². The summed E-state index contributed by atoms with van der Waals surface area (Å²) in [5, 5.41) is 5.34. The number of hydrogen-bond acceptors (Lipinski definition) is 5. The van der Waals surface area contributed by atoms with Crippen molar-refractivity contribution in [1.82, 2.24) is 10.3 Å². The average molecular weight is 313 g/mol. The van der Waals surface area contributed by atoms with Gasteiger partial charge < -0.3 is 20.1 Å². The number of benzene rings is 1. The normalized spacial score (nSPS) is 11.8. The highest BCUT2D eigenvalue weighted by molar-refractivity contribution is 6.03. The lowest BCUT2D eigenvalue weighted by molar-refractivity contribution is -0.126. The second-order valence-electron chi connectivity index (χ2n) is 4.93. The highest BCUT2D eigenvalue weighted by atomic mass is 16.7. The number of carbonyl (C=O) groups is 2. The number of aromatic nitrogens is 1. The van der Waals surface area contributed by atoms with Crippen LogP contribution in [0.15, 0.2) is 42.7 Å². The molecule has 0 saturated carbocycles. The maximum Gasteiger partial charge on any atom is 0.233 e. The number of nitrogens with one attached hydrogen (secondary N) is 2. The Hall–Kier alpha value is -3.09. The summed E-state index contributed by atoms with van der Waals surface area (Å²) in [5.74, 6) is 0.471. The molecule has 2 N–H and O–H groups in total. The van der Waals surface area contributed by atoms with Gasteiger partial charge in [-0.2, -0.15) is 0 Å². The molecule has 118 valence electrons. The van der Waals surface area contributed by atoms with Crippen LogP contribution in [0.2, 0.25) is 0 Å². The van der Waals surface area contributed by atoms with E-state index in [0.717, 1.165) is 5.56 Å². The molecule has 1 aliphatic rings. The molecule has 1 aromatic heterocycles. The van der Waals surface area contributed by atoms with Crippen molar-refractivity contribution in [1.29, 1.82) is 0 Å². The lowest BCUT2D eigenvalue weighted by Gasteiger charge is -2.07. The minimum atomic E-state index is -0.393. The Bertz CT molecular complexity index is 719. The monoisotopic (exact) mass is 313 g/mol. The molecule has 0 radical (unpaired) electrons. The van der Waals surface area contributed by atoms with E-state index in [1.165, 1.54) is 0 Å². The predicted octanol–water partition coefficient (Wildman–Crippen LogP) is 1.46. The first kappa shape index (κ1) is 14.8. The third kappa shape index (κ3) is 3.97. The number of anilines is 1. The van der Waals surface area contributed by atoms with E-state index in [-0.39, 0.29) is 19.1 Å². The molecule has 0 fully saturated rings. The zero-order chi connectivity index (χ0) is 16.1. The molecule has 0 spiro atoms. The van der Waals surface area contributed by atoms with E-state index in [9.17, 15) is 9.59 Å². The molecular weight excluding hydrogens is 298 g/mol. The molecule has 0 atom stereocenters. The molecule has 2 amide bonds. The maximum absolute atomic E-state index is 11.9. The minimum Gasteiger partial charge on any atom is -0.454 e. The fourth-order valence-corrected chi connectivity index (χ4v) is 2.09. The number of rotatable bonds is 5. The number of fused-ring (bicyclic) bond motifs is 1. The highest BCUT2D eigenvalue weighted by Crippen LogP contribution is 2.34. The summed E-state index contributed by atoms with van der Waals surface area (Å²) in [7, 11) is 0. The number of carbonyl (C=O) groups excluding carboxylic acids is 2. The Morgan fingerprint density at radius 2 is 1.83 bits per heavy atom. The Labute approximate surface area is 132 Å². The Morgan fingerprint density at radius 3 is 2.65 bits per heavy atom. The summed E-state index contributed by atoms with van der Waals surface area (Å²) >= 11 is 0. The summed E-state index contributed by atoms with van der Waals surface area (Å²) in [6.45, 7) is 0.531. The van der Waals surface area contributed by atoms with Crippen LogP contribution >= 0.6 is 0 Å². The van der Waals surface area contributed by atoms with E-state index in [2.05, 4.69) is 15.6 Å². The molecule has 23 heavy (non-hydrogen) atoms. The van der Waals surface area contributed by atoms with Gasteiger partial charge in [-0.1, -0.05) is 0 Å². The quantitative estimate of drug-likeness (QED) is 0.816. The Kier molecular flexibility index (Phi) is 4.37. The van der Waals surface area contributed by atoms with E-state index in [0.29, 0.717) is 23.7 Å². The van der Waals surface area contributed by atoms with Crippen molar-refractivity contribution in [3.8, 4) is 11.5 Å². The molecule has 1 aromatic carbocycles. The van der Waals surface area contributed by atoms with Crippen LogP contribution in [0.3, 0.4) is 0 Å². The van der Waals surface area contributed by atoms with Crippen molar-refractivity contribution in [3.63, 3.8) is 0 Å². The predicted molar refractivity (Wildman–Crippen MR) is 81.9 cm³/mol. The molecule has 7 nitrogen and oxygen atoms in total. The molecule has 1 aliphatic heterocycles. The summed E-state index contributed by atoms with van der Waals surface area (Å²) in [6.07, 6.45) is 3.04. The number of hydrogen-bond donors (Lipinski definition) is 2. The second-order valence-corrected chi connectivity index (χ2v) is 4.93. The van der Waals surface area contributed by atoms with Gasteiger partial charge in [-0.3, -0.25) is 14.6 Å². The van der Waals surface area contributed by atoms with Crippen LogP contribution in [-0.4, -0.2) is 23.6 Å². The fraction of sp³-hybridized carbons (Fsp3) is 0.188. The number of nitrogens with zero attached hydrogens (tertiary/aromatic N) is 1. The van der Waals surface area contributed by atoms with Gasteiger partial charge in [0.1, 0.15) is 6.42 Å². The molecule has 7 heteroatoms. The molecule has 0 unspecified atom stereocenters. The standard InChI is InChI=1S/C16H15N3O4/c20-15(18-9-11-3-5-17-6-4-11)8-16(21)19-12-1-2-13-14(7-12)23-10-22-13/h1-7H,8-10H2,(H,18,20)(H,19,21). The number of ether oxygens (including phenoxy) is 2. The van der Waals surface area contributed by atoms with Crippen LogP contribution in [0.5, 0.6) is 11.5 Å². The van der Waals surface area contributed by atoms with Gasteiger partial charge in [0.15, 0.2) is 11.5 Å². The maximum atomic E-state index is 11.9. The summed E-state index contributed by atoms with van der Waals surface area (Å²) in [4.78, 5) is 27.5. The molecule has 0 saturated heterocycles. The topological polar surface area (TPSA) is 89.6 Å². The van der Waals surface area contributed by atoms with Gasteiger partial charge in [0.25, 0.3) is 0 Å².